The summed E-state index contributed by atoms with van der Waals surface area (Å²) in [4.78, 5) is 10.5. The van der Waals surface area contributed by atoms with Gasteiger partial charge in [0, 0.05) is 12.7 Å². The van der Waals surface area contributed by atoms with E-state index in [4.69, 9.17) is 5.11 Å². The topological polar surface area (TPSA) is 72.4 Å². The minimum Gasteiger partial charge on any atom is -0.871 e. The van der Waals surface area contributed by atoms with Crippen molar-refractivity contribution in [2.45, 2.75) is 0 Å². The van der Waals surface area contributed by atoms with Crippen molar-refractivity contribution in [1.29, 1.82) is 0 Å². The van der Waals surface area contributed by atoms with Gasteiger partial charge in [-0.25, -0.2) is 4.79 Å². The second-order valence-corrected chi connectivity index (χ2v) is 2.27. The number of carbonyl (C=O) groups is 1. The van der Waals surface area contributed by atoms with Gasteiger partial charge in [-0.1, -0.05) is 11.8 Å². The molecular formula is C8H8NO3-. The summed E-state index contributed by atoms with van der Waals surface area (Å²) in [5, 5.41) is 22.2. The van der Waals surface area contributed by atoms with Crippen LogP contribution >= 0.6 is 0 Å². The van der Waals surface area contributed by atoms with Crippen LogP contribution in [0, 0.1) is 0 Å². The molecule has 2 N–H and O–H groups in total. The average molecular weight is 166 g/mol. The van der Waals surface area contributed by atoms with E-state index in [0.29, 0.717) is 5.69 Å². The average Bonchev–Trinajstić information content (AvgIpc) is 2.05. The first-order valence-corrected chi connectivity index (χ1v) is 3.37. The molecule has 0 saturated heterocycles. The fourth-order valence-electron chi connectivity index (χ4n) is 0.858. The van der Waals surface area contributed by atoms with E-state index in [1.54, 1.807) is 7.05 Å². The number of aromatic carboxylic acids is 1. The van der Waals surface area contributed by atoms with Crippen LogP contribution in [0.2, 0.25) is 0 Å². The highest BCUT2D eigenvalue weighted by molar-refractivity contribution is 5.89. The van der Waals surface area contributed by atoms with Crippen LogP contribution in [0.3, 0.4) is 0 Å². The zero-order chi connectivity index (χ0) is 9.14. The van der Waals surface area contributed by atoms with E-state index in [1.165, 1.54) is 18.2 Å². The molecule has 0 bridgehead atoms. The van der Waals surface area contributed by atoms with Crippen LogP contribution in [-0.2, 0) is 0 Å². The van der Waals surface area contributed by atoms with Crippen molar-refractivity contribution in [2.24, 2.45) is 0 Å². The van der Waals surface area contributed by atoms with Gasteiger partial charge in [-0.15, -0.1) is 0 Å². The van der Waals surface area contributed by atoms with Gasteiger partial charge in [0.05, 0.1) is 5.56 Å². The van der Waals surface area contributed by atoms with Crippen LogP contribution < -0.4 is 10.4 Å². The first-order chi connectivity index (χ1) is 5.65. The number of nitrogens with one attached hydrogen (secondary N) is 1. The van der Waals surface area contributed by atoms with E-state index >= 15 is 0 Å². The van der Waals surface area contributed by atoms with Gasteiger partial charge in [-0.3, -0.25) is 0 Å². The van der Waals surface area contributed by atoms with E-state index in [-0.39, 0.29) is 11.3 Å². The molecule has 0 aliphatic heterocycles. The molecule has 0 aliphatic carbocycles. The van der Waals surface area contributed by atoms with Crippen molar-refractivity contribution in [2.75, 3.05) is 12.4 Å². The summed E-state index contributed by atoms with van der Waals surface area (Å²) in [5.74, 6) is -1.24. The van der Waals surface area contributed by atoms with Gasteiger partial charge in [-0.2, -0.15) is 0 Å². The van der Waals surface area contributed by atoms with Crippen LogP contribution in [-0.4, -0.2) is 18.1 Å². The Kier molecular flexibility index (Phi) is 2.19. The van der Waals surface area contributed by atoms with E-state index < -0.39 is 5.97 Å². The summed E-state index contributed by atoms with van der Waals surface area (Å²) in [6.07, 6.45) is 0. The first-order valence-electron chi connectivity index (χ1n) is 3.37. The third-order valence-electron chi connectivity index (χ3n) is 1.50. The van der Waals surface area contributed by atoms with E-state index in [0.717, 1.165) is 0 Å². The summed E-state index contributed by atoms with van der Waals surface area (Å²) >= 11 is 0. The smallest absolute Gasteiger partial charge is 0.335 e. The molecule has 0 aliphatic rings. The zero-order valence-corrected chi connectivity index (χ0v) is 6.50. The molecule has 4 nitrogen and oxygen atoms in total. The van der Waals surface area contributed by atoms with Crippen LogP contribution in [0.4, 0.5) is 5.69 Å². The Morgan fingerprint density at radius 3 is 2.75 bits per heavy atom. The van der Waals surface area contributed by atoms with Gasteiger partial charge >= 0.3 is 5.97 Å². The summed E-state index contributed by atoms with van der Waals surface area (Å²) in [7, 11) is 1.57. The monoisotopic (exact) mass is 166 g/mol. The van der Waals surface area contributed by atoms with Crippen molar-refractivity contribution in [3.05, 3.63) is 23.8 Å². The highest BCUT2D eigenvalue weighted by atomic mass is 16.4. The molecule has 1 aromatic carbocycles. The number of rotatable bonds is 2. The van der Waals surface area contributed by atoms with Crippen LogP contribution in [0.15, 0.2) is 18.2 Å². The molecule has 1 aromatic rings. The number of hydrogen-bond donors (Lipinski definition) is 2. The third-order valence-corrected chi connectivity index (χ3v) is 1.50. The molecule has 0 amide bonds. The fourth-order valence-corrected chi connectivity index (χ4v) is 0.858. The van der Waals surface area contributed by atoms with E-state index in [9.17, 15) is 9.90 Å². The van der Waals surface area contributed by atoms with Gasteiger partial charge < -0.3 is 15.5 Å². The Hall–Kier alpha value is -1.71. The molecule has 0 heterocycles. The SMILES string of the molecule is CNc1cc(C(=O)O)ccc1[O-]. The second kappa shape index (κ2) is 3.13. The van der Waals surface area contributed by atoms with Crippen molar-refractivity contribution < 1.29 is 15.0 Å². The predicted octanol–water partition coefficient (Wildman–Crippen LogP) is 0.500. The Labute approximate surface area is 69.5 Å². The molecular weight excluding hydrogens is 158 g/mol. The van der Waals surface area contributed by atoms with Gasteiger partial charge in [0.2, 0.25) is 0 Å². The molecule has 12 heavy (non-hydrogen) atoms. The molecule has 0 saturated carbocycles. The molecule has 64 valence electrons. The number of benzene rings is 1. The molecule has 1 rings (SSSR count). The number of hydrogen-bond acceptors (Lipinski definition) is 3. The maximum atomic E-state index is 11.0. The van der Waals surface area contributed by atoms with Crippen LogP contribution in [0.5, 0.6) is 5.75 Å². The fraction of sp³-hybridized carbons (Fsp3) is 0.125. The van der Waals surface area contributed by atoms with Crippen LogP contribution in [0.25, 0.3) is 0 Å². The summed E-state index contributed by atoms with van der Waals surface area (Å²) in [6, 6.07) is 3.82. The first kappa shape index (κ1) is 8.39. The van der Waals surface area contributed by atoms with E-state index in [1.807, 2.05) is 0 Å². The molecule has 0 unspecified atom stereocenters. The molecule has 0 spiro atoms. The Bertz CT molecular complexity index is 309. The quantitative estimate of drug-likeness (QED) is 0.671. The standard InChI is InChI=1S/C8H9NO3/c1-9-6-4-5(8(11)12)2-3-7(6)10/h2-4,9-10H,1H3,(H,11,12)/p-1. The van der Waals surface area contributed by atoms with Crippen molar-refractivity contribution >= 4 is 11.7 Å². The van der Waals surface area contributed by atoms with Gasteiger partial charge in [0.25, 0.3) is 0 Å². The Morgan fingerprint density at radius 1 is 1.58 bits per heavy atom. The number of carboxylic acid groups (broad SMARTS) is 1. The molecule has 4 heteroatoms. The van der Waals surface area contributed by atoms with Crippen molar-refractivity contribution in [3.63, 3.8) is 0 Å². The zero-order valence-electron chi connectivity index (χ0n) is 6.50. The van der Waals surface area contributed by atoms with Crippen molar-refractivity contribution in [3.8, 4) is 5.75 Å². The summed E-state index contributed by atoms with van der Waals surface area (Å²) in [5.41, 5.74) is 0.411. The van der Waals surface area contributed by atoms with E-state index in [2.05, 4.69) is 5.32 Å². The number of anilines is 1. The number of carboxylic acids is 1. The molecule has 0 aromatic heterocycles. The van der Waals surface area contributed by atoms with Crippen molar-refractivity contribution in [1.82, 2.24) is 0 Å². The van der Waals surface area contributed by atoms with Gasteiger partial charge in [0.1, 0.15) is 0 Å². The second-order valence-electron chi connectivity index (χ2n) is 2.27. The lowest BCUT2D eigenvalue weighted by molar-refractivity contribution is -0.267. The predicted molar refractivity (Wildman–Crippen MR) is 42.4 cm³/mol. The Balaban J connectivity index is 3.13. The minimum absolute atomic E-state index is 0.110. The largest absolute Gasteiger partial charge is 0.871 e. The lowest BCUT2D eigenvalue weighted by Gasteiger charge is -2.12. The highest BCUT2D eigenvalue weighted by Crippen LogP contribution is 2.20. The minimum atomic E-state index is -1.04. The summed E-state index contributed by atoms with van der Waals surface area (Å²) < 4.78 is 0. The Morgan fingerprint density at radius 2 is 2.25 bits per heavy atom. The molecule has 0 atom stereocenters. The van der Waals surface area contributed by atoms with Gasteiger partial charge in [0.15, 0.2) is 0 Å². The lowest BCUT2D eigenvalue weighted by atomic mass is 10.2. The molecule has 0 radical (unpaired) electrons. The lowest BCUT2D eigenvalue weighted by Crippen LogP contribution is -2.02. The summed E-state index contributed by atoms with van der Waals surface area (Å²) in [6.45, 7) is 0. The maximum Gasteiger partial charge on any atom is 0.335 e. The molecule has 0 fully saturated rings. The maximum absolute atomic E-state index is 11.0. The third kappa shape index (κ3) is 1.47. The highest BCUT2D eigenvalue weighted by Gasteiger charge is 2.02. The van der Waals surface area contributed by atoms with Crippen LogP contribution in [0.1, 0.15) is 10.4 Å². The van der Waals surface area contributed by atoms with Gasteiger partial charge in [-0.05, 0) is 12.1 Å². The normalized spacial score (nSPS) is 9.42.